The molecule has 0 radical (unpaired) electrons. The highest BCUT2D eigenvalue weighted by molar-refractivity contribution is 5.85. The van der Waals surface area contributed by atoms with E-state index in [2.05, 4.69) is 5.32 Å². The van der Waals surface area contributed by atoms with Crippen molar-refractivity contribution in [3.05, 3.63) is 24.2 Å². The Bertz CT molecular complexity index is 266. The number of carbonyl (C=O) groups is 1. The second-order valence-corrected chi connectivity index (χ2v) is 2.79. The zero-order valence-corrected chi connectivity index (χ0v) is 6.20. The highest BCUT2D eigenvalue weighted by atomic mass is 16.3. The third-order valence-electron chi connectivity index (χ3n) is 2.06. The minimum atomic E-state index is 0.0566. The number of furan rings is 1. The van der Waals surface area contributed by atoms with Gasteiger partial charge in [0.05, 0.1) is 18.2 Å². The molecule has 2 heterocycles. The van der Waals surface area contributed by atoms with Crippen LogP contribution in [0.1, 0.15) is 18.7 Å². The van der Waals surface area contributed by atoms with Gasteiger partial charge in [0.1, 0.15) is 5.76 Å². The van der Waals surface area contributed by atoms with Crippen molar-refractivity contribution in [3.8, 4) is 0 Å². The lowest BCUT2D eigenvalue weighted by Gasteiger charge is -2.32. The molecule has 1 aliphatic heterocycles. The molecule has 1 aliphatic rings. The van der Waals surface area contributed by atoms with Crippen LogP contribution in [0.4, 0.5) is 0 Å². The predicted octanol–water partition coefficient (Wildman–Crippen LogP) is 1.09. The molecule has 0 saturated carbocycles. The lowest BCUT2D eigenvalue weighted by Crippen LogP contribution is -2.49. The average Bonchev–Trinajstić information content (AvgIpc) is 2.51. The highest BCUT2D eigenvalue weighted by Crippen LogP contribution is 2.29. The van der Waals surface area contributed by atoms with Crippen molar-refractivity contribution in [1.29, 1.82) is 0 Å². The highest BCUT2D eigenvalue weighted by Gasteiger charge is 2.37. The molecular formula is C8H9NO2. The molecule has 1 amide bonds. The topological polar surface area (TPSA) is 42.2 Å². The van der Waals surface area contributed by atoms with Gasteiger partial charge in [-0.25, -0.2) is 0 Å². The molecule has 2 atom stereocenters. The number of amides is 1. The van der Waals surface area contributed by atoms with Crippen LogP contribution >= 0.6 is 0 Å². The van der Waals surface area contributed by atoms with Gasteiger partial charge in [0.25, 0.3) is 0 Å². The third-order valence-corrected chi connectivity index (χ3v) is 2.06. The Morgan fingerprint density at radius 2 is 2.45 bits per heavy atom. The summed E-state index contributed by atoms with van der Waals surface area (Å²) in [5, 5.41) is 2.76. The van der Waals surface area contributed by atoms with E-state index >= 15 is 0 Å². The number of hydrogen-bond acceptors (Lipinski definition) is 2. The Morgan fingerprint density at radius 1 is 1.64 bits per heavy atom. The van der Waals surface area contributed by atoms with E-state index in [1.807, 2.05) is 19.1 Å². The molecule has 3 heteroatoms. The first-order chi connectivity index (χ1) is 5.29. The summed E-state index contributed by atoms with van der Waals surface area (Å²) in [6, 6.07) is 3.80. The molecule has 1 N–H and O–H groups in total. The fourth-order valence-electron chi connectivity index (χ4n) is 1.25. The smallest absolute Gasteiger partial charge is 0.225 e. The van der Waals surface area contributed by atoms with Crippen molar-refractivity contribution in [2.24, 2.45) is 5.92 Å². The van der Waals surface area contributed by atoms with Gasteiger partial charge in [-0.3, -0.25) is 4.79 Å². The molecule has 0 aliphatic carbocycles. The zero-order chi connectivity index (χ0) is 7.84. The normalized spacial score (nSPS) is 29.4. The van der Waals surface area contributed by atoms with Crippen LogP contribution < -0.4 is 5.32 Å². The maximum atomic E-state index is 10.8. The number of hydrogen-bond donors (Lipinski definition) is 1. The Labute approximate surface area is 64.4 Å². The van der Waals surface area contributed by atoms with E-state index < -0.39 is 0 Å². The van der Waals surface area contributed by atoms with Crippen LogP contribution in [-0.4, -0.2) is 5.91 Å². The molecule has 3 nitrogen and oxygen atoms in total. The van der Waals surface area contributed by atoms with Gasteiger partial charge in [0.15, 0.2) is 0 Å². The van der Waals surface area contributed by atoms with Crippen molar-refractivity contribution < 1.29 is 9.21 Å². The summed E-state index contributed by atoms with van der Waals surface area (Å²) in [5.41, 5.74) is 0. The number of nitrogens with one attached hydrogen (secondary N) is 1. The molecule has 1 fully saturated rings. The first kappa shape index (κ1) is 6.46. The van der Waals surface area contributed by atoms with Crippen molar-refractivity contribution in [2.75, 3.05) is 0 Å². The minimum absolute atomic E-state index is 0.0566. The molecule has 2 rings (SSSR count). The largest absolute Gasteiger partial charge is 0.467 e. The molecular weight excluding hydrogens is 142 g/mol. The summed E-state index contributed by atoms with van der Waals surface area (Å²) < 4.78 is 5.14. The second-order valence-electron chi connectivity index (χ2n) is 2.79. The van der Waals surface area contributed by atoms with E-state index in [-0.39, 0.29) is 17.9 Å². The molecule has 0 aromatic carbocycles. The van der Waals surface area contributed by atoms with Crippen LogP contribution in [0.2, 0.25) is 0 Å². The first-order valence-electron chi connectivity index (χ1n) is 3.63. The lowest BCUT2D eigenvalue weighted by molar-refractivity contribution is -0.134. The average molecular weight is 151 g/mol. The molecule has 1 aromatic heterocycles. The Hall–Kier alpha value is -1.25. The third kappa shape index (κ3) is 0.843. The van der Waals surface area contributed by atoms with Gasteiger partial charge >= 0.3 is 0 Å². The summed E-state index contributed by atoms with van der Waals surface area (Å²) in [4.78, 5) is 10.8. The minimum Gasteiger partial charge on any atom is -0.467 e. The molecule has 0 unspecified atom stereocenters. The Balaban J connectivity index is 2.15. The van der Waals surface area contributed by atoms with Gasteiger partial charge in [-0.1, -0.05) is 6.92 Å². The standard InChI is InChI=1S/C8H9NO2/c1-5-7(9-8(5)10)6-3-2-4-11-6/h2-5,7H,1H3,(H,9,10)/t5-,7-/m1/s1. The maximum absolute atomic E-state index is 10.8. The van der Waals surface area contributed by atoms with Gasteiger partial charge in [0, 0.05) is 0 Å². The predicted molar refractivity (Wildman–Crippen MR) is 38.8 cm³/mol. The summed E-state index contributed by atoms with van der Waals surface area (Å²) in [6.07, 6.45) is 1.62. The van der Waals surface area contributed by atoms with Crippen molar-refractivity contribution >= 4 is 5.91 Å². The summed E-state index contributed by atoms with van der Waals surface area (Å²) >= 11 is 0. The van der Waals surface area contributed by atoms with Gasteiger partial charge in [-0.2, -0.15) is 0 Å². The molecule has 0 spiro atoms. The van der Waals surface area contributed by atoms with Gasteiger partial charge in [-0.15, -0.1) is 0 Å². The number of rotatable bonds is 1. The summed E-state index contributed by atoms with van der Waals surface area (Å²) in [5.74, 6) is 1.00. The van der Waals surface area contributed by atoms with Crippen molar-refractivity contribution in [3.63, 3.8) is 0 Å². The Kier molecular flexibility index (Phi) is 1.24. The summed E-state index contributed by atoms with van der Waals surface area (Å²) in [6.45, 7) is 1.89. The van der Waals surface area contributed by atoms with E-state index in [9.17, 15) is 4.79 Å². The van der Waals surface area contributed by atoms with Crippen LogP contribution in [0.15, 0.2) is 22.8 Å². The van der Waals surface area contributed by atoms with Crippen LogP contribution in [0, 0.1) is 5.92 Å². The molecule has 1 saturated heterocycles. The second kappa shape index (κ2) is 2.12. The van der Waals surface area contributed by atoms with Crippen molar-refractivity contribution in [2.45, 2.75) is 13.0 Å². The van der Waals surface area contributed by atoms with Crippen molar-refractivity contribution in [1.82, 2.24) is 5.32 Å². The first-order valence-corrected chi connectivity index (χ1v) is 3.63. The zero-order valence-electron chi connectivity index (χ0n) is 6.20. The fourth-order valence-corrected chi connectivity index (χ4v) is 1.25. The van der Waals surface area contributed by atoms with E-state index in [1.165, 1.54) is 0 Å². The summed E-state index contributed by atoms with van der Waals surface area (Å²) in [7, 11) is 0. The van der Waals surface area contributed by atoms with E-state index in [0.29, 0.717) is 0 Å². The quantitative estimate of drug-likeness (QED) is 0.610. The maximum Gasteiger partial charge on any atom is 0.225 e. The van der Waals surface area contributed by atoms with Crippen LogP contribution in [0.25, 0.3) is 0 Å². The lowest BCUT2D eigenvalue weighted by atomic mass is 9.91. The number of β-lactam (4-membered cyclic amide) rings is 1. The van der Waals surface area contributed by atoms with E-state index in [1.54, 1.807) is 6.26 Å². The molecule has 58 valence electrons. The monoisotopic (exact) mass is 151 g/mol. The SMILES string of the molecule is C[C@H]1C(=O)N[C@H]1c1ccco1. The van der Waals surface area contributed by atoms with Crippen LogP contribution in [-0.2, 0) is 4.79 Å². The fraction of sp³-hybridized carbons (Fsp3) is 0.375. The molecule has 11 heavy (non-hydrogen) atoms. The van der Waals surface area contributed by atoms with Gasteiger partial charge in [0.2, 0.25) is 5.91 Å². The van der Waals surface area contributed by atoms with Crippen LogP contribution in [0.5, 0.6) is 0 Å². The van der Waals surface area contributed by atoms with Gasteiger partial charge < -0.3 is 9.73 Å². The molecule has 1 aromatic rings. The Morgan fingerprint density at radius 3 is 2.91 bits per heavy atom. The van der Waals surface area contributed by atoms with Gasteiger partial charge in [-0.05, 0) is 12.1 Å². The van der Waals surface area contributed by atoms with Crippen LogP contribution in [0.3, 0.4) is 0 Å². The number of carbonyl (C=O) groups excluding carboxylic acids is 1. The molecule has 0 bridgehead atoms. The van der Waals surface area contributed by atoms with E-state index in [4.69, 9.17) is 4.42 Å². The van der Waals surface area contributed by atoms with E-state index in [0.717, 1.165) is 5.76 Å².